The monoisotopic (exact) mass is 401 g/mol. The lowest BCUT2D eigenvalue weighted by molar-refractivity contribution is -0.153. The smallest absolute Gasteiger partial charge is 0.411 e. The zero-order valence-corrected chi connectivity index (χ0v) is 16.9. The number of carbonyl (C=O) groups is 2. The van der Waals surface area contributed by atoms with E-state index in [1.165, 1.54) is 0 Å². The first-order valence-corrected chi connectivity index (χ1v) is 9.50. The maximum Gasteiger partial charge on any atom is 0.411 e. The van der Waals surface area contributed by atoms with Crippen molar-refractivity contribution in [3.05, 3.63) is 59.7 Å². The molecule has 0 saturated carbocycles. The van der Waals surface area contributed by atoms with E-state index in [1.807, 2.05) is 19.1 Å². The van der Waals surface area contributed by atoms with E-state index < -0.39 is 18.2 Å². The van der Waals surface area contributed by atoms with Gasteiger partial charge in [-0.05, 0) is 56.2 Å². The van der Waals surface area contributed by atoms with E-state index in [2.05, 4.69) is 5.32 Å². The fourth-order valence-corrected chi connectivity index (χ4v) is 2.61. The summed E-state index contributed by atoms with van der Waals surface area (Å²) in [5.74, 6) is -0.257. The van der Waals surface area contributed by atoms with Crippen LogP contribution in [0.4, 0.5) is 10.5 Å². The lowest BCUT2D eigenvalue weighted by Gasteiger charge is -2.16. The van der Waals surface area contributed by atoms with Gasteiger partial charge in [0, 0.05) is 12.1 Å². The average molecular weight is 401 g/mol. The van der Waals surface area contributed by atoms with E-state index >= 15 is 0 Å². The number of carbonyl (C=O) groups excluding carboxylic acids is 1. The van der Waals surface area contributed by atoms with Crippen molar-refractivity contribution >= 4 is 17.7 Å². The second kappa shape index (κ2) is 11.1. The molecule has 0 radical (unpaired) electrons. The average Bonchev–Trinajstić information content (AvgIpc) is 2.68. The Morgan fingerprint density at radius 3 is 2.17 bits per heavy atom. The minimum atomic E-state index is -0.989. The molecule has 2 N–H and O–H groups in total. The van der Waals surface area contributed by atoms with Gasteiger partial charge in [-0.3, -0.25) is 5.32 Å². The first kappa shape index (κ1) is 22.2. The van der Waals surface area contributed by atoms with Gasteiger partial charge in [0.05, 0.1) is 12.7 Å². The fraction of sp³-hybridized carbons (Fsp3) is 0.364. The molecule has 1 atom stereocenters. The summed E-state index contributed by atoms with van der Waals surface area (Å²) >= 11 is 0. The molecule has 0 aliphatic carbocycles. The number of amides is 1. The summed E-state index contributed by atoms with van der Waals surface area (Å²) < 4.78 is 16.0. The highest BCUT2D eigenvalue weighted by Crippen LogP contribution is 2.16. The minimum Gasteiger partial charge on any atom is -0.494 e. The Kier molecular flexibility index (Phi) is 8.48. The van der Waals surface area contributed by atoms with Crippen LogP contribution in [-0.4, -0.2) is 36.0 Å². The number of hydrogen-bond acceptors (Lipinski definition) is 5. The number of nitrogens with one attached hydrogen (secondary N) is 1. The molecule has 0 bridgehead atoms. The molecule has 0 spiro atoms. The third kappa shape index (κ3) is 7.83. The first-order chi connectivity index (χ1) is 13.9. The van der Waals surface area contributed by atoms with Crippen molar-refractivity contribution in [1.82, 2.24) is 0 Å². The van der Waals surface area contributed by atoms with Crippen LogP contribution < -0.4 is 10.1 Å². The Labute approximate surface area is 170 Å². The predicted octanol–water partition coefficient (Wildman–Crippen LogP) is 4.25. The number of ether oxygens (including phenoxy) is 3. The highest BCUT2D eigenvalue weighted by molar-refractivity contribution is 5.84. The van der Waals surface area contributed by atoms with Gasteiger partial charge >= 0.3 is 12.1 Å². The third-order valence-corrected chi connectivity index (χ3v) is 3.94. The summed E-state index contributed by atoms with van der Waals surface area (Å²) in [4.78, 5) is 23.2. The van der Waals surface area contributed by atoms with Crippen LogP contribution in [0.3, 0.4) is 0 Å². The number of aliphatic carboxylic acids is 1. The molecule has 2 rings (SSSR count). The highest BCUT2D eigenvalue weighted by Gasteiger charge is 2.20. The number of carboxylic acids is 1. The van der Waals surface area contributed by atoms with Crippen LogP contribution in [0.25, 0.3) is 0 Å². The zero-order chi connectivity index (χ0) is 21.2. The molecule has 2 aromatic rings. The van der Waals surface area contributed by atoms with Crippen molar-refractivity contribution in [3.8, 4) is 5.75 Å². The summed E-state index contributed by atoms with van der Waals surface area (Å²) in [5.41, 5.74) is 2.24. The third-order valence-electron chi connectivity index (χ3n) is 3.94. The molecule has 7 heteroatoms. The topological polar surface area (TPSA) is 94.1 Å². The summed E-state index contributed by atoms with van der Waals surface area (Å²) in [6.45, 7) is 6.19. The second-order valence-corrected chi connectivity index (χ2v) is 6.69. The van der Waals surface area contributed by atoms with Gasteiger partial charge in [0.25, 0.3) is 0 Å². The van der Waals surface area contributed by atoms with E-state index in [0.717, 1.165) is 16.9 Å². The van der Waals surface area contributed by atoms with Crippen LogP contribution in [0.2, 0.25) is 0 Å². The number of carboxylic acid groups (broad SMARTS) is 1. The zero-order valence-electron chi connectivity index (χ0n) is 16.9. The summed E-state index contributed by atoms with van der Waals surface area (Å²) in [7, 11) is 0. The van der Waals surface area contributed by atoms with Crippen LogP contribution in [0, 0.1) is 0 Å². The lowest BCUT2D eigenvalue weighted by atomic mass is 10.1. The molecule has 0 aliphatic heterocycles. The van der Waals surface area contributed by atoms with Crippen LogP contribution in [0.1, 0.15) is 31.9 Å². The molecule has 2 aromatic carbocycles. The largest absolute Gasteiger partial charge is 0.494 e. The van der Waals surface area contributed by atoms with Gasteiger partial charge in [-0.1, -0.05) is 24.3 Å². The second-order valence-electron chi connectivity index (χ2n) is 6.69. The molecular weight excluding hydrogens is 374 g/mol. The van der Waals surface area contributed by atoms with Crippen molar-refractivity contribution in [1.29, 1.82) is 0 Å². The maximum absolute atomic E-state index is 11.9. The summed E-state index contributed by atoms with van der Waals surface area (Å²) in [6.07, 6.45) is -1.35. The first-order valence-electron chi connectivity index (χ1n) is 9.50. The molecule has 7 nitrogen and oxygen atoms in total. The van der Waals surface area contributed by atoms with Crippen molar-refractivity contribution in [2.45, 2.75) is 46.0 Å². The van der Waals surface area contributed by atoms with Gasteiger partial charge < -0.3 is 19.3 Å². The van der Waals surface area contributed by atoms with Gasteiger partial charge in [-0.25, -0.2) is 9.59 Å². The van der Waals surface area contributed by atoms with Crippen molar-refractivity contribution in [2.75, 3.05) is 11.9 Å². The number of rotatable bonds is 10. The minimum absolute atomic E-state index is 0.105. The number of hydrogen-bond donors (Lipinski definition) is 2. The Hall–Kier alpha value is -3.06. The fourth-order valence-electron chi connectivity index (χ4n) is 2.61. The normalized spacial score (nSPS) is 11.7. The van der Waals surface area contributed by atoms with Gasteiger partial charge in [0.15, 0.2) is 6.10 Å². The van der Waals surface area contributed by atoms with E-state index in [4.69, 9.17) is 14.2 Å². The van der Waals surface area contributed by atoms with Crippen LogP contribution in [-0.2, 0) is 27.3 Å². The van der Waals surface area contributed by atoms with Crippen LogP contribution >= 0.6 is 0 Å². The van der Waals surface area contributed by atoms with Gasteiger partial charge in [-0.2, -0.15) is 0 Å². The van der Waals surface area contributed by atoms with E-state index in [1.54, 1.807) is 50.2 Å². The number of benzene rings is 2. The van der Waals surface area contributed by atoms with E-state index in [0.29, 0.717) is 12.3 Å². The van der Waals surface area contributed by atoms with Gasteiger partial charge in [-0.15, -0.1) is 0 Å². The Balaban J connectivity index is 1.83. The molecule has 0 saturated heterocycles. The van der Waals surface area contributed by atoms with Crippen LogP contribution in [0.5, 0.6) is 5.75 Å². The van der Waals surface area contributed by atoms with Crippen molar-refractivity contribution in [2.24, 2.45) is 0 Å². The van der Waals surface area contributed by atoms with Gasteiger partial charge in [0.1, 0.15) is 12.4 Å². The molecule has 0 heterocycles. The van der Waals surface area contributed by atoms with E-state index in [9.17, 15) is 14.7 Å². The molecule has 156 valence electrons. The molecule has 0 aliphatic rings. The lowest BCUT2D eigenvalue weighted by Crippen LogP contribution is -2.29. The van der Waals surface area contributed by atoms with E-state index in [-0.39, 0.29) is 19.1 Å². The molecule has 1 amide bonds. The van der Waals surface area contributed by atoms with Crippen LogP contribution in [0.15, 0.2) is 48.5 Å². The Morgan fingerprint density at radius 1 is 1.00 bits per heavy atom. The van der Waals surface area contributed by atoms with Crippen molar-refractivity contribution in [3.63, 3.8) is 0 Å². The SMILES string of the molecule is CCOc1ccc(NC(=O)OCc2ccc(CC(OC(C)C)C(=O)O)cc2)cc1. The highest BCUT2D eigenvalue weighted by atomic mass is 16.5. The molecular formula is C22H27NO6. The maximum atomic E-state index is 11.9. The van der Waals surface area contributed by atoms with Crippen molar-refractivity contribution < 1.29 is 28.9 Å². The molecule has 1 unspecified atom stereocenters. The summed E-state index contributed by atoms with van der Waals surface area (Å²) in [6, 6.07) is 14.2. The Morgan fingerprint density at radius 2 is 1.62 bits per heavy atom. The quantitative estimate of drug-likeness (QED) is 0.618. The molecule has 0 aromatic heterocycles. The molecule has 0 fully saturated rings. The standard InChI is InChI=1S/C22H27NO6/c1-4-27-19-11-9-18(10-12-19)23-22(26)28-14-17-7-5-16(6-8-17)13-20(21(24)25)29-15(2)3/h5-12,15,20H,4,13-14H2,1-3H3,(H,23,26)(H,24,25). The predicted molar refractivity (Wildman–Crippen MR) is 109 cm³/mol. The molecule has 29 heavy (non-hydrogen) atoms. The number of anilines is 1. The van der Waals surface area contributed by atoms with Gasteiger partial charge in [0.2, 0.25) is 0 Å². The summed E-state index contributed by atoms with van der Waals surface area (Å²) in [5, 5.41) is 11.9. The Bertz CT molecular complexity index is 786.